The van der Waals surface area contributed by atoms with Gasteiger partial charge in [0.2, 0.25) is 0 Å². The SMILES string of the molecule is C/C=C\c1ccccc1N. The van der Waals surface area contributed by atoms with E-state index < -0.39 is 0 Å². The van der Waals surface area contributed by atoms with Crippen molar-refractivity contribution in [2.45, 2.75) is 6.92 Å². The molecule has 0 amide bonds. The van der Waals surface area contributed by atoms with Crippen molar-refractivity contribution >= 4 is 11.8 Å². The van der Waals surface area contributed by atoms with Crippen molar-refractivity contribution < 1.29 is 0 Å². The summed E-state index contributed by atoms with van der Waals surface area (Å²) in [5, 5.41) is 0. The van der Waals surface area contributed by atoms with Crippen LogP contribution in [0.3, 0.4) is 0 Å². The quantitative estimate of drug-likeness (QED) is 0.584. The average Bonchev–Trinajstić information content (AvgIpc) is 1.94. The van der Waals surface area contributed by atoms with E-state index in [0.29, 0.717) is 0 Å². The van der Waals surface area contributed by atoms with Crippen LogP contribution in [0.5, 0.6) is 0 Å². The highest BCUT2D eigenvalue weighted by Crippen LogP contribution is 2.11. The molecule has 10 heavy (non-hydrogen) atoms. The lowest BCUT2D eigenvalue weighted by atomic mass is 10.2. The van der Waals surface area contributed by atoms with Crippen molar-refractivity contribution in [2.24, 2.45) is 0 Å². The Labute approximate surface area is 61.2 Å². The molecule has 0 heterocycles. The van der Waals surface area contributed by atoms with E-state index in [1.54, 1.807) is 0 Å². The minimum atomic E-state index is 0.834. The molecule has 2 N–H and O–H groups in total. The molecule has 0 aromatic heterocycles. The smallest absolute Gasteiger partial charge is 0.0387 e. The molecule has 0 aliphatic rings. The summed E-state index contributed by atoms with van der Waals surface area (Å²) in [4.78, 5) is 0. The van der Waals surface area contributed by atoms with Gasteiger partial charge in [0.05, 0.1) is 0 Å². The Morgan fingerprint density at radius 1 is 1.30 bits per heavy atom. The Kier molecular flexibility index (Phi) is 2.11. The lowest BCUT2D eigenvalue weighted by Gasteiger charge is -1.96. The molecule has 1 aromatic rings. The van der Waals surface area contributed by atoms with Crippen molar-refractivity contribution in [1.29, 1.82) is 0 Å². The average molecular weight is 133 g/mol. The number of allylic oxidation sites excluding steroid dienone is 1. The monoisotopic (exact) mass is 133 g/mol. The normalized spacial score (nSPS) is 10.5. The van der Waals surface area contributed by atoms with Crippen LogP contribution in [0.4, 0.5) is 5.69 Å². The van der Waals surface area contributed by atoms with E-state index in [4.69, 9.17) is 5.73 Å². The molecule has 0 bridgehead atoms. The van der Waals surface area contributed by atoms with Crippen molar-refractivity contribution in [3.8, 4) is 0 Å². The van der Waals surface area contributed by atoms with E-state index in [0.717, 1.165) is 11.3 Å². The second kappa shape index (κ2) is 3.06. The predicted molar refractivity (Wildman–Crippen MR) is 45.6 cm³/mol. The van der Waals surface area contributed by atoms with Crippen LogP contribution in [0.2, 0.25) is 0 Å². The molecule has 52 valence electrons. The summed E-state index contributed by atoms with van der Waals surface area (Å²) in [5.74, 6) is 0. The van der Waals surface area contributed by atoms with Crippen LogP contribution in [-0.4, -0.2) is 0 Å². The Bertz CT molecular complexity index is 238. The number of rotatable bonds is 1. The molecule has 0 unspecified atom stereocenters. The lowest BCUT2D eigenvalue weighted by molar-refractivity contribution is 1.63. The zero-order valence-corrected chi connectivity index (χ0v) is 6.04. The first kappa shape index (κ1) is 6.87. The van der Waals surface area contributed by atoms with E-state index in [-0.39, 0.29) is 0 Å². The highest BCUT2D eigenvalue weighted by Gasteiger charge is 1.88. The third kappa shape index (κ3) is 1.38. The molecule has 1 nitrogen and oxygen atoms in total. The first-order chi connectivity index (χ1) is 4.84. The number of benzene rings is 1. The molecule has 0 fully saturated rings. The van der Waals surface area contributed by atoms with E-state index >= 15 is 0 Å². The minimum Gasteiger partial charge on any atom is -0.398 e. The molecule has 0 aliphatic heterocycles. The predicted octanol–water partition coefficient (Wildman–Crippen LogP) is 2.30. The van der Waals surface area contributed by atoms with Crippen LogP contribution >= 0.6 is 0 Å². The summed E-state index contributed by atoms with van der Waals surface area (Å²) in [6.07, 6.45) is 3.97. The molecule has 1 aromatic carbocycles. The summed E-state index contributed by atoms with van der Waals surface area (Å²) in [5.41, 5.74) is 7.58. The fourth-order valence-electron chi connectivity index (χ4n) is 0.842. The summed E-state index contributed by atoms with van der Waals surface area (Å²) in [6.45, 7) is 1.98. The maximum Gasteiger partial charge on any atom is 0.0387 e. The molecule has 0 radical (unpaired) electrons. The molecule has 0 spiro atoms. The maximum absolute atomic E-state index is 5.66. The first-order valence-electron chi connectivity index (χ1n) is 3.32. The summed E-state index contributed by atoms with van der Waals surface area (Å²) in [7, 11) is 0. The summed E-state index contributed by atoms with van der Waals surface area (Å²) in [6, 6.07) is 7.80. The van der Waals surface area contributed by atoms with Gasteiger partial charge in [0.25, 0.3) is 0 Å². The topological polar surface area (TPSA) is 26.0 Å². The molecular weight excluding hydrogens is 122 g/mol. The molecule has 1 heteroatoms. The van der Waals surface area contributed by atoms with E-state index in [1.165, 1.54) is 0 Å². The summed E-state index contributed by atoms with van der Waals surface area (Å²) < 4.78 is 0. The Morgan fingerprint density at radius 3 is 2.60 bits per heavy atom. The minimum absolute atomic E-state index is 0.834. The zero-order valence-electron chi connectivity index (χ0n) is 6.04. The highest BCUT2D eigenvalue weighted by molar-refractivity contribution is 5.63. The van der Waals surface area contributed by atoms with Crippen molar-refractivity contribution in [2.75, 3.05) is 5.73 Å². The highest BCUT2D eigenvalue weighted by atomic mass is 14.5. The molecule has 0 saturated heterocycles. The van der Waals surface area contributed by atoms with E-state index in [2.05, 4.69) is 0 Å². The number of nitrogen functional groups attached to an aromatic ring is 1. The van der Waals surface area contributed by atoms with Gasteiger partial charge in [-0.3, -0.25) is 0 Å². The standard InChI is InChI=1S/C9H11N/c1-2-5-8-6-3-4-7-9(8)10/h2-7H,10H2,1H3/b5-2-. The number of nitrogens with two attached hydrogens (primary N) is 1. The molecular formula is C9H11N. The van der Waals surface area contributed by atoms with Gasteiger partial charge in [0.1, 0.15) is 0 Å². The van der Waals surface area contributed by atoms with Gasteiger partial charge in [-0.05, 0) is 18.6 Å². The third-order valence-electron chi connectivity index (χ3n) is 1.34. The van der Waals surface area contributed by atoms with Crippen molar-refractivity contribution in [3.05, 3.63) is 35.9 Å². The Balaban J connectivity index is 3.03. The molecule has 0 saturated carbocycles. The Morgan fingerprint density at radius 2 is 2.00 bits per heavy atom. The van der Waals surface area contributed by atoms with E-state index in [1.807, 2.05) is 43.3 Å². The van der Waals surface area contributed by atoms with Gasteiger partial charge in [0.15, 0.2) is 0 Å². The fourth-order valence-corrected chi connectivity index (χ4v) is 0.842. The van der Waals surface area contributed by atoms with Gasteiger partial charge in [0, 0.05) is 5.69 Å². The molecule has 0 aliphatic carbocycles. The fraction of sp³-hybridized carbons (Fsp3) is 0.111. The Hall–Kier alpha value is -1.24. The van der Waals surface area contributed by atoms with Crippen LogP contribution in [0, 0.1) is 0 Å². The van der Waals surface area contributed by atoms with Crippen LogP contribution in [0.1, 0.15) is 12.5 Å². The zero-order chi connectivity index (χ0) is 7.40. The number of hydrogen-bond acceptors (Lipinski definition) is 1. The second-order valence-electron chi connectivity index (χ2n) is 2.13. The largest absolute Gasteiger partial charge is 0.398 e. The summed E-state index contributed by atoms with van der Waals surface area (Å²) >= 11 is 0. The van der Waals surface area contributed by atoms with Gasteiger partial charge < -0.3 is 5.73 Å². The molecule has 1 rings (SSSR count). The lowest BCUT2D eigenvalue weighted by Crippen LogP contribution is -1.86. The number of anilines is 1. The third-order valence-corrected chi connectivity index (χ3v) is 1.34. The second-order valence-corrected chi connectivity index (χ2v) is 2.13. The molecule has 0 atom stereocenters. The first-order valence-corrected chi connectivity index (χ1v) is 3.32. The number of para-hydroxylation sites is 1. The van der Waals surface area contributed by atoms with Crippen LogP contribution < -0.4 is 5.73 Å². The van der Waals surface area contributed by atoms with Crippen molar-refractivity contribution in [1.82, 2.24) is 0 Å². The van der Waals surface area contributed by atoms with Crippen LogP contribution in [0.15, 0.2) is 30.3 Å². The van der Waals surface area contributed by atoms with Crippen LogP contribution in [0.25, 0.3) is 6.08 Å². The van der Waals surface area contributed by atoms with Gasteiger partial charge in [-0.1, -0.05) is 30.4 Å². The number of hydrogen-bond donors (Lipinski definition) is 1. The maximum atomic E-state index is 5.66. The van der Waals surface area contributed by atoms with Gasteiger partial charge in [-0.25, -0.2) is 0 Å². The van der Waals surface area contributed by atoms with Crippen LogP contribution in [-0.2, 0) is 0 Å². The van der Waals surface area contributed by atoms with Crippen molar-refractivity contribution in [3.63, 3.8) is 0 Å². The van der Waals surface area contributed by atoms with Gasteiger partial charge >= 0.3 is 0 Å². The van der Waals surface area contributed by atoms with E-state index in [9.17, 15) is 0 Å². The van der Waals surface area contributed by atoms with Gasteiger partial charge in [-0.2, -0.15) is 0 Å². The van der Waals surface area contributed by atoms with Gasteiger partial charge in [-0.15, -0.1) is 0 Å².